The Hall–Kier alpha value is -2.81. The summed E-state index contributed by atoms with van der Waals surface area (Å²) in [6.07, 6.45) is 0.317. The standard InChI is InChI=1S/C24H26ClN5O2S/c1-17-6-8-18(9-7-17)15-26-23(32)24-28-27-21(33-24)16-29-10-12-30(13-11-29)22(31)14-19-4-2-3-5-20(19)25/h2-9H,10-16H2,1H3,(H,26,32). The van der Waals surface area contributed by atoms with Crippen LogP contribution in [0, 0.1) is 6.92 Å². The van der Waals surface area contributed by atoms with E-state index >= 15 is 0 Å². The van der Waals surface area contributed by atoms with Crippen LogP contribution in [0.1, 0.15) is 31.5 Å². The Bertz CT molecular complexity index is 1110. The van der Waals surface area contributed by atoms with E-state index < -0.39 is 0 Å². The van der Waals surface area contributed by atoms with Crippen molar-refractivity contribution in [1.29, 1.82) is 0 Å². The lowest BCUT2D eigenvalue weighted by atomic mass is 10.1. The summed E-state index contributed by atoms with van der Waals surface area (Å²) in [6, 6.07) is 15.5. The third kappa shape index (κ3) is 6.37. The largest absolute Gasteiger partial charge is 0.346 e. The van der Waals surface area contributed by atoms with Gasteiger partial charge in [0, 0.05) is 37.7 Å². The molecule has 0 aliphatic carbocycles. The SMILES string of the molecule is Cc1ccc(CNC(=O)c2nnc(CN3CCN(C(=O)Cc4ccccc4Cl)CC3)s2)cc1. The van der Waals surface area contributed by atoms with Gasteiger partial charge in [-0.05, 0) is 24.1 Å². The number of amides is 2. The van der Waals surface area contributed by atoms with Gasteiger partial charge < -0.3 is 10.2 Å². The first kappa shape index (κ1) is 23.4. The Balaban J connectivity index is 1.23. The molecule has 0 atom stereocenters. The molecule has 2 amide bonds. The first-order valence-corrected chi connectivity index (χ1v) is 12.1. The van der Waals surface area contributed by atoms with Crippen LogP contribution in [-0.4, -0.2) is 58.0 Å². The molecule has 4 rings (SSSR count). The topological polar surface area (TPSA) is 78.4 Å². The minimum absolute atomic E-state index is 0.0891. The molecule has 172 valence electrons. The minimum atomic E-state index is -0.214. The van der Waals surface area contributed by atoms with E-state index in [0.717, 1.165) is 29.2 Å². The molecule has 0 bridgehead atoms. The van der Waals surface area contributed by atoms with Gasteiger partial charge in [-0.2, -0.15) is 0 Å². The lowest BCUT2D eigenvalue weighted by Gasteiger charge is -2.34. The molecule has 1 aliphatic heterocycles. The van der Waals surface area contributed by atoms with E-state index in [1.165, 1.54) is 16.9 Å². The third-order valence-corrected chi connectivity index (χ3v) is 6.89. The number of hydrogen-bond donors (Lipinski definition) is 1. The van der Waals surface area contributed by atoms with E-state index in [-0.39, 0.29) is 11.8 Å². The summed E-state index contributed by atoms with van der Waals surface area (Å²) in [5.41, 5.74) is 3.08. The summed E-state index contributed by atoms with van der Waals surface area (Å²) < 4.78 is 0. The van der Waals surface area contributed by atoms with Crippen LogP contribution in [0.4, 0.5) is 0 Å². The van der Waals surface area contributed by atoms with Gasteiger partial charge in [0.05, 0.1) is 13.0 Å². The highest BCUT2D eigenvalue weighted by Gasteiger charge is 2.23. The summed E-state index contributed by atoms with van der Waals surface area (Å²) in [7, 11) is 0. The summed E-state index contributed by atoms with van der Waals surface area (Å²) >= 11 is 7.49. The van der Waals surface area contributed by atoms with Gasteiger partial charge in [0.15, 0.2) is 0 Å². The highest BCUT2D eigenvalue weighted by molar-refractivity contribution is 7.13. The van der Waals surface area contributed by atoms with E-state index in [4.69, 9.17) is 11.6 Å². The molecule has 0 unspecified atom stereocenters. The molecule has 7 nitrogen and oxygen atoms in total. The van der Waals surface area contributed by atoms with Gasteiger partial charge in [-0.1, -0.05) is 71.0 Å². The lowest BCUT2D eigenvalue weighted by molar-refractivity contribution is -0.132. The van der Waals surface area contributed by atoms with Crippen molar-refractivity contribution in [3.8, 4) is 0 Å². The van der Waals surface area contributed by atoms with E-state index in [1.54, 1.807) is 6.07 Å². The average Bonchev–Trinajstić information content (AvgIpc) is 3.29. The normalized spacial score (nSPS) is 14.3. The number of carbonyl (C=O) groups excluding carboxylic acids is 2. The van der Waals surface area contributed by atoms with Gasteiger partial charge in [0.2, 0.25) is 10.9 Å². The molecule has 0 radical (unpaired) electrons. The van der Waals surface area contributed by atoms with Crippen molar-refractivity contribution < 1.29 is 9.59 Å². The Kier molecular flexibility index (Phi) is 7.69. The molecular formula is C24H26ClN5O2S. The van der Waals surface area contributed by atoms with Crippen molar-refractivity contribution >= 4 is 34.8 Å². The van der Waals surface area contributed by atoms with Gasteiger partial charge in [0.1, 0.15) is 5.01 Å². The van der Waals surface area contributed by atoms with Crippen molar-refractivity contribution in [1.82, 2.24) is 25.3 Å². The molecular weight excluding hydrogens is 458 g/mol. The molecule has 1 fully saturated rings. The van der Waals surface area contributed by atoms with E-state index in [1.807, 2.05) is 54.3 Å². The molecule has 2 heterocycles. The Morgan fingerprint density at radius 2 is 1.76 bits per heavy atom. The molecule has 1 saturated heterocycles. The summed E-state index contributed by atoms with van der Waals surface area (Å²) in [5.74, 6) is -0.125. The van der Waals surface area contributed by atoms with Crippen LogP contribution in [-0.2, 0) is 24.3 Å². The molecule has 33 heavy (non-hydrogen) atoms. The number of nitrogens with zero attached hydrogens (tertiary/aromatic N) is 4. The molecule has 9 heteroatoms. The zero-order chi connectivity index (χ0) is 23.2. The van der Waals surface area contributed by atoms with Crippen LogP contribution >= 0.6 is 22.9 Å². The van der Waals surface area contributed by atoms with Crippen molar-refractivity contribution in [2.45, 2.75) is 26.4 Å². The number of aromatic nitrogens is 2. The Morgan fingerprint density at radius 3 is 2.48 bits per heavy atom. The number of benzene rings is 2. The van der Waals surface area contributed by atoms with Crippen molar-refractivity contribution in [3.05, 3.63) is 80.3 Å². The fraction of sp³-hybridized carbons (Fsp3) is 0.333. The van der Waals surface area contributed by atoms with Crippen LogP contribution < -0.4 is 5.32 Å². The van der Waals surface area contributed by atoms with Crippen LogP contribution in [0.25, 0.3) is 0 Å². The number of aryl methyl sites for hydroxylation is 1. The van der Waals surface area contributed by atoms with Crippen molar-refractivity contribution in [2.75, 3.05) is 26.2 Å². The zero-order valence-corrected chi connectivity index (χ0v) is 20.0. The van der Waals surface area contributed by atoms with Crippen LogP contribution in [0.2, 0.25) is 5.02 Å². The quantitative estimate of drug-likeness (QED) is 0.557. The molecule has 3 aromatic rings. The Morgan fingerprint density at radius 1 is 1.03 bits per heavy atom. The molecule has 0 spiro atoms. The second kappa shape index (κ2) is 10.9. The molecule has 1 aromatic heterocycles. The number of halogens is 1. The smallest absolute Gasteiger partial charge is 0.282 e. The van der Waals surface area contributed by atoms with Crippen LogP contribution in [0.3, 0.4) is 0 Å². The number of carbonyl (C=O) groups is 2. The summed E-state index contributed by atoms with van der Waals surface area (Å²) in [4.78, 5) is 29.1. The number of rotatable bonds is 7. The molecule has 1 aliphatic rings. The predicted octanol–water partition coefficient (Wildman–Crippen LogP) is 3.32. The maximum atomic E-state index is 12.6. The first-order valence-electron chi connectivity index (χ1n) is 10.9. The molecule has 2 aromatic carbocycles. The Labute approximate surface area is 202 Å². The number of nitrogens with one attached hydrogen (secondary N) is 1. The highest BCUT2D eigenvalue weighted by Crippen LogP contribution is 2.18. The number of hydrogen-bond acceptors (Lipinski definition) is 6. The van der Waals surface area contributed by atoms with Gasteiger partial charge in [-0.15, -0.1) is 10.2 Å². The monoisotopic (exact) mass is 483 g/mol. The van der Waals surface area contributed by atoms with Crippen molar-refractivity contribution in [3.63, 3.8) is 0 Å². The van der Waals surface area contributed by atoms with Crippen molar-refractivity contribution in [2.24, 2.45) is 0 Å². The second-order valence-corrected chi connectivity index (χ2v) is 9.56. The maximum Gasteiger partial charge on any atom is 0.282 e. The summed E-state index contributed by atoms with van der Waals surface area (Å²) in [6.45, 7) is 5.93. The van der Waals surface area contributed by atoms with E-state index in [9.17, 15) is 9.59 Å². The maximum absolute atomic E-state index is 12.6. The first-order chi connectivity index (χ1) is 16.0. The average molecular weight is 484 g/mol. The predicted molar refractivity (Wildman–Crippen MR) is 129 cm³/mol. The van der Waals surface area contributed by atoms with Gasteiger partial charge in [-0.3, -0.25) is 14.5 Å². The van der Waals surface area contributed by atoms with Gasteiger partial charge in [-0.25, -0.2) is 0 Å². The minimum Gasteiger partial charge on any atom is -0.346 e. The van der Waals surface area contributed by atoms with Gasteiger partial charge in [0.25, 0.3) is 5.91 Å². The van der Waals surface area contributed by atoms with E-state index in [0.29, 0.717) is 42.6 Å². The summed E-state index contributed by atoms with van der Waals surface area (Å²) in [5, 5.41) is 12.9. The fourth-order valence-corrected chi connectivity index (χ4v) is 4.64. The molecule has 1 N–H and O–H groups in total. The fourth-order valence-electron chi connectivity index (χ4n) is 3.64. The zero-order valence-electron chi connectivity index (χ0n) is 18.5. The third-order valence-electron chi connectivity index (χ3n) is 5.62. The van der Waals surface area contributed by atoms with Crippen LogP contribution in [0.15, 0.2) is 48.5 Å². The van der Waals surface area contributed by atoms with Gasteiger partial charge >= 0.3 is 0 Å². The molecule has 0 saturated carbocycles. The second-order valence-electron chi connectivity index (χ2n) is 8.09. The number of piperazine rings is 1. The van der Waals surface area contributed by atoms with Crippen LogP contribution in [0.5, 0.6) is 0 Å². The highest BCUT2D eigenvalue weighted by atomic mass is 35.5. The lowest BCUT2D eigenvalue weighted by Crippen LogP contribution is -2.48. The van der Waals surface area contributed by atoms with E-state index in [2.05, 4.69) is 20.4 Å².